The van der Waals surface area contributed by atoms with E-state index in [1.807, 2.05) is 19.1 Å². The Morgan fingerprint density at radius 3 is 2.35 bits per heavy atom. The summed E-state index contributed by atoms with van der Waals surface area (Å²) >= 11 is 0. The van der Waals surface area contributed by atoms with Crippen molar-refractivity contribution in [2.24, 2.45) is 0 Å². The van der Waals surface area contributed by atoms with Gasteiger partial charge in [0.05, 0.1) is 0 Å². The number of anilines is 2. The standard InChI is InChI=1S/C20H24FN3O2/c1-4-24(5-2)16-10-11-18(14(3)12-16)23-20(26)19(25)22-13-15-8-6-7-9-17(15)21/h6-12H,4-5,13H2,1-3H3,(H,22,25)(H,23,26). The normalized spacial score (nSPS) is 10.3. The third-order valence-electron chi connectivity index (χ3n) is 4.19. The van der Waals surface area contributed by atoms with Crippen LogP contribution in [0.25, 0.3) is 0 Å². The molecule has 0 heterocycles. The molecule has 0 aliphatic rings. The van der Waals surface area contributed by atoms with Crippen LogP contribution in [0.5, 0.6) is 0 Å². The van der Waals surface area contributed by atoms with Crippen LogP contribution in [0.15, 0.2) is 42.5 Å². The number of hydrogen-bond donors (Lipinski definition) is 2. The molecular formula is C20H24FN3O2. The molecule has 0 aromatic heterocycles. The molecule has 0 aliphatic carbocycles. The van der Waals surface area contributed by atoms with E-state index in [0.29, 0.717) is 11.3 Å². The van der Waals surface area contributed by atoms with Crippen molar-refractivity contribution in [2.75, 3.05) is 23.3 Å². The van der Waals surface area contributed by atoms with Gasteiger partial charge in [-0.3, -0.25) is 9.59 Å². The minimum absolute atomic E-state index is 0.0429. The Kier molecular flexibility index (Phi) is 6.72. The number of aryl methyl sites for hydroxylation is 1. The van der Waals surface area contributed by atoms with Crippen molar-refractivity contribution in [1.29, 1.82) is 0 Å². The Morgan fingerprint density at radius 1 is 1.04 bits per heavy atom. The Bertz CT molecular complexity index is 788. The number of carbonyl (C=O) groups excluding carboxylic acids is 2. The molecule has 2 rings (SSSR count). The van der Waals surface area contributed by atoms with Crippen molar-refractivity contribution in [3.8, 4) is 0 Å². The van der Waals surface area contributed by atoms with Gasteiger partial charge in [-0.15, -0.1) is 0 Å². The molecule has 0 aliphatic heterocycles. The van der Waals surface area contributed by atoms with Gasteiger partial charge < -0.3 is 15.5 Å². The topological polar surface area (TPSA) is 61.4 Å². The predicted octanol–water partition coefficient (Wildman–Crippen LogP) is 3.24. The summed E-state index contributed by atoms with van der Waals surface area (Å²) in [6.45, 7) is 7.77. The highest BCUT2D eigenvalue weighted by atomic mass is 19.1. The van der Waals surface area contributed by atoms with Crippen molar-refractivity contribution in [1.82, 2.24) is 5.32 Å². The highest BCUT2D eigenvalue weighted by molar-refractivity contribution is 6.39. The zero-order valence-electron chi connectivity index (χ0n) is 15.3. The SMILES string of the molecule is CCN(CC)c1ccc(NC(=O)C(=O)NCc2ccccc2F)c(C)c1. The predicted molar refractivity (Wildman–Crippen MR) is 102 cm³/mol. The maximum absolute atomic E-state index is 13.5. The molecule has 2 aromatic rings. The van der Waals surface area contributed by atoms with Crippen LogP contribution in [-0.4, -0.2) is 24.9 Å². The highest BCUT2D eigenvalue weighted by Crippen LogP contribution is 2.22. The summed E-state index contributed by atoms with van der Waals surface area (Å²) in [7, 11) is 0. The lowest BCUT2D eigenvalue weighted by molar-refractivity contribution is -0.136. The van der Waals surface area contributed by atoms with Gasteiger partial charge in [0.15, 0.2) is 0 Å². The van der Waals surface area contributed by atoms with Crippen LogP contribution in [0.4, 0.5) is 15.8 Å². The molecule has 0 fully saturated rings. The maximum Gasteiger partial charge on any atom is 0.313 e. The second-order valence-corrected chi connectivity index (χ2v) is 5.90. The number of carbonyl (C=O) groups is 2. The van der Waals surface area contributed by atoms with E-state index in [9.17, 15) is 14.0 Å². The summed E-state index contributed by atoms with van der Waals surface area (Å²) < 4.78 is 13.5. The van der Waals surface area contributed by atoms with Gasteiger partial charge in [-0.05, 0) is 50.6 Å². The van der Waals surface area contributed by atoms with Gasteiger partial charge in [0.1, 0.15) is 5.82 Å². The number of nitrogens with zero attached hydrogens (tertiary/aromatic N) is 1. The number of rotatable bonds is 6. The van der Waals surface area contributed by atoms with Gasteiger partial charge in [-0.25, -0.2) is 4.39 Å². The van der Waals surface area contributed by atoms with Crippen LogP contribution < -0.4 is 15.5 Å². The van der Waals surface area contributed by atoms with Gasteiger partial charge in [-0.2, -0.15) is 0 Å². The van der Waals surface area contributed by atoms with E-state index in [0.717, 1.165) is 24.3 Å². The molecule has 0 atom stereocenters. The number of hydrogen-bond acceptors (Lipinski definition) is 3. The fourth-order valence-corrected chi connectivity index (χ4v) is 2.65. The fraction of sp³-hybridized carbons (Fsp3) is 0.300. The minimum atomic E-state index is -0.805. The van der Waals surface area contributed by atoms with Gasteiger partial charge in [-0.1, -0.05) is 18.2 Å². The van der Waals surface area contributed by atoms with Crippen molar-refractivity contribution in [3.05, 3.63) is 59.4 Å². The van der Waals surface area contributed by atoms with E-state index in [-0.39, 0.29) is 6.54 Å². The Balaban J connectivity index is 1.98. The minimum Gasteiger partial charge on any atom is -0.372 e. The average Bonchev–Trinajstić information content (AvgIpc) is 2.63. The largest absolute Gasteiger partial charge is 0.372 e. The lowest BCUT2D eigenvalue weighted by Gasteiger charge is -2.22. The quantitative estimate of drug-likeness (QED) is 0.780. The summed E-state index contributed by atoms with van der Waals surface area (Å²) in [5.41, 5.74) is 2.83. The first-order valence-corrected chi connectivity index (χ1v) is 8.64. The van der Waals surface area contributed by atoms with E-state index in [4.69, 9.17) is 0 Å². The van der Waals surface area contributed by atoms with Gasteiger partial charge in [0, 0.05) is 36.6 Å². The molecule has 6 heteroatoms. The second kappa shape index (κ2) is 8.99. The molecule has 0 radical (unpaired) electrons. The number of benzene rings is 2. The Hall–Kier alpha value is -2.89. The first kappa shape index (κ1) is 19.4. The summed E-state index contributed by atoms with van der Waals surface area (Å²) in [6, 6.07) is 11.8. The summed E-state index contributed by atoms with van der Waals surface area (Å²) in [4.78, 5) is 26.2. The van der Waals surface area contributed by atoms with Crippen molar-refractivity contribution in [2.45, 2.75) is 27.3 Å². The molecule has 0 unspecified atom stereocenters. The first-order valence-electron chi connectivity index (χ1n) is 8.64. The summed E-state index contributed by atoms with van der Waals surface area (Å²) in [5, 5.41) is 5.03. The lowest BCUT2D eigenvalue weighted by Crippen LogP contribution is -2.35. The van der Waals surface area contributed by atoms with Crippen molar-refractivity contribution < 1.29 is 14.0 Å². The van der Waals surface area contributed by atoms with E-state index < -0.39 is 17.6 Å². The molecule has 26 heavy (non-hydrogen) atoms. The lowest BCUT2D eigenvalue weighted by atomic mass is 10.1. The van der Waals surface area contributed by atoms with Crippen molar-refractivity contribution in [3.63, 3.8) is 0 Å². The molecule has 0 spiro atoms. The molecular weight excluding hydrogens is 333 g/mol. The van der Waals surface area contributed by atoms with Crippen LogP contribution in [0.1, 0.15) is 25.0 Å². The fourth-order valence-electron chi connectivity index (χ4n) is 2.65. The molecule has 2 N–H and O–H groups in total. The molecule has 0 saturated heterocycles. The van der Waals surface area contributed by atoms with Gasteiger partial charge in [0.25, 0.3) is 0 Å². The third kappa shape index (κ3) is 4.81. The molecule has 138 valence electrons. The van der Waals surface area contributed by atoms with E-state index in [1.54, 1.807) is 24.3 Å². The van der Waals surface area contributed by atoms with Gasteiger partial charge >= 0.3 is 11.8 Å². The molecule has 2 aromatic carbocycles. The second-order valence-electron chi connectivity index (χ2n) is 5.90. The van der Waals surface area contributed by atoms with E-state index >= 15 is 0 Å². The third-order valence-corrected chi connectivity index (χ3v) is 4.19. The monoisotopic (exact) mass is 357 g/mol. The molecule has 0 bridgehead atoms. The highest BCUT2D eigenvalue weighted by Gasteiger charge is 2.15. The van der Waals surface area contributed by atoms with E-state index in [2.05, 4.69) is 29.4 Å². The molecule has 2 amide bonds. The summed E-state index contributed by atoms with van der Waals surface area (Å²) in [6.07, 6.45) is 0. The average molecular weight is 357 g/mol. The zero-order chi connectivity index (χ0) is 19.1. The van der Waals surface area contributed by atoms with Crippen LogP contribution in [0.3, 0.4) is 0 Å². The number of nitrogens with one attached hydrogen (secondary N) is 2. The van der Waals surface area contributed by atoms with Crippen LogP contribution in [0, 0.1) is 12.7 Å². The van der Waals surface area contributed by atoms with Crippen LogP contribution in [-0.2, 0) is 16.1 Å². The van der Waals surface area contributed by atoms with Crippen molar-refractivity contribution >= 4 is 23.2 Å². The molecule has 0 saturated carbocycles. The van der Waals surface area contributed by atoms with Crippen LogP contribution >= 0.6 is 0 Å². The Morgan fingerprint density at radius 2 is 1.73 bits per heavy atom. The Labute approximate surface area is 153 Å². The summed E-state index contributed by atoms with van der Waals surface area (Å²) in [5.74, 6) is -2.00. The van der Waals surface area contributed by atoms with E-state index in [1.165, 1.54) is 6.07 Å². The van der Waals surface area contributed by atoms with Gasteiger partial charge in [0.2, 0.25) is 0 Å². The number of amides is 2. The number of halogens is 1. The smallest absolute Gasteiger partial charge is 0.313 e. The first-order chi connectivity index (χ1) is 12.5. The van der Waals surface area contributed by atoms with Crippen LogP contribution in [0.2, 0.25) is 0 Å². The zero-order valence-corrected chi connectivity index (χ0v) is 15.3. The maximum atomic E-state index is 13.5. The molecule has 5 nitrogen and oxygen atoms in total.